The molecule has 0 saturated heterocycles. The Morgan fingerprint density at radius 2 is 0.412 bits per heavy atom. The van der Waals surface area contributed by atoms with Gasteiger partial charge in [0, 0.05) is 90.3 Å². The second kappa shape index (κ2) is 25.3. The molecule has 5 heterocycles. The zero-order valence-corrected chi connectivity index (χ0v) is 48.9. The summed E-state index contributed by atoms with van der Waals surface area (Å²) in [7, 11) is 26.5. The molecule has 0 aliphatic carbocycles. The summed E-state index contributed by atoms with van der Waals surface area (Å²) in [6, 6.07) is 53.9. The van der Waals surface area contributed by atoms with Crippen molar-refractivity contribution in [1.82, 2.24) is 37.9 Å². The second-order valence-electron chi connectivity index (χ2n) is 22.8. The van der Waals surface area contributed by atoms with Crippen LogP contribution in [0.1, 0.15) is 72.7 Å². The van der Waals surface area contributed by atoms with Gasteiger partial charge < -0.3 is 59.5 Å². The van der Waals surface area contributed by atoms with Gasteiger partial charge in [0.15, 0.2) is 0 Å². The first-order chi connectivity index (χ1) is 37.1. The van der Waals surface area contributed by atoms with Crippen molar-refractivity contribution in [3.63, 3.8) is 0 Å². The zero-order valence-electron chi connectivity index (χ0n) is 48.9. The number of aromatic amines is 4. The van der Waals surface area contributed by atoms with Crippen molar-refractivity contribution >= 4 is 68.9 Å². The number of carboxylic acid groups (broad SMARTS) is 4. The maximum Gasteiger partial charge on any atom is 0.132 e. The number of aliphatic carboxylic acids is 4. The molecule has 0 radical (unpaired) electrons. The summed E-state index contributed by atoms with van der Waals surface area (Å²) in [4.78, 5) is 51.4. The van der Waals surface area contributed by atoms with E-state index in [1.165, 1.54) is 22.7 Å². The molecule has 4 aromatic heterocycles. The van der Waals surface area contributed by atoms with Crippen LogP contribution in [0.25, 0.3) is 22.3 Å². The fourth-order valence-corrected chi connectivity index (χ4v) is 8.87. The lowest BCUT2D eigenvalue weighted by molar-refractivity contribution is -0.303. The van der Waals surface area contributed by atoms with Gasteiger partial charge in [-0.05, 0) is 196 Å². The lowest BCUT2D eigenvalue weighted by Gasteiger charge is -2.23. The highest BCUT2D eigenvalue weighted by molar-refractivity contribution is 5.85. The average molecular weight is 1090 g/mol. The van der Waals surface area contributed by atoms with Gasteiger partial charge in [-0.2, -0.15) is 0 Å². The summed E-state index contributed by atoms with van der Waals surface area (Å²) in [5, 5.41) is 39.7. The minimum absolute atomic E-state index is 0.738. The molecule has 420 valence electrons. The monoisotopic (exact) mass is 1080 g/mol. The molecule has 0 amide bonds. The molecule has 8 aromatic rings. The maximum atomic E-state index is 8.89. The van der Waals surface area contributed by atoms with Crippen LogP contribution in [0.2, 0.25) is 0 Å². The molecule has 0 atom stereocenters. The number of carbonyl (C=O) groups is 4. The minimum Gasteiger partial charge on any atom is -0.550 e. The fourth-order valence-electron chi connectivity index (χ4n) is 8.87. The molecule has 80 heavy (non-hydrogen) atoms. The van der Waals surface area contributed by atoms with E-state index in [9.17, 15) is 0 Å². The number of H-pyrrole nitrogens is 4. The molecule has 0 spiro atoms. The van der Waals surface area contributed by atoms with Gasteiger partial charge in [0.25, 0.3) is 0 Å². The Kier molecular flexibility index (Phi) is 19.6. The minimum atomic E-state index is -1.08. The van der Waals surface area contributed by atoms with E-state index >= 15 is 0 Å². The van der Waals surface area contributed by atoms with Crippen LogP contribution >= 0.6 is 0 Å². The van der Waals surface area contributed by atoms with E-state index in [1.807, 2.05) is 0 Å². The molecular weight excluding hydrogens is 1010 g/mol. The number of quaternary nitrogens is 4. The standard InChI is InChI=1S/C56H64N8.4C2H4O2/c1-61(2,3)41-21-13-37(14-22-41)53-45-29-31-47(57-45)54(38-15-23-42(24-16-38)62(4,5)6)49-33-35-51(59-49)56(40-19-27-44(28-20-40)64(10,11)12)52-36-34-50(60-52)55(48-32-30-46(53)58-48)39-17-25-43(26-18-39)63(7,8)9;4*1-2(3)4/h13-36,57-60H,1-12H3;4*1H3,(H,3,4)/q+4;;;;/p-4. The Morgan fingerprint density at radius 3 is 0.550 bits per heavy atom. The first-order valence-corrected chi connectivity index (χ1v) is 25.8. The third-order valence-corrected chi connectivity index (χ3v) is 12.6. The lowest BCUT2D eigenvalue weighted by atomic mass is 10.0. The highest BCUT2D eigenvalue weighted by Gasteiger charge is 2.22. The number of nitrogens with zero attached hydrogens (tertiary/aromatic N) is 4. The predicted octanol–water partition coefficient (Wildman–Crippen LogP) is 2.11. The molecule has 0 unspecified atom stereocenters. The third-order valence-electron chi connectivity index (χ3n) is 12.6. The molecule has 1 aliphatic rings. The maximum absolute atomic E-state index is 8.89. The van der Waals surface area contributed by atoms with E-state index < -0.39 is 23.9 Å². The summed E-state index contributed by atoms with van der Waals surface area (Å²) in [5.74, 6) is -4.33. The zero-order chi connectivity index (χ0) is 59.7. The lowest BCUT2D eigenvalue weighted by Crippen LogP contribution is -2.34. The molecule has 1 aliphatic heterocycles. The van der Waals surface area contributed by atoms with Gasteiger partial charge >= 0.3 is 0 Å². The first kappa shape index (κ1) is 62.0. The van der Waals surface area contributed by atoms with Crippen LogP contribution in [-0.2, 0) is 19.2 Å². The summed E-state index contributed by atoms with van der Waals surface area (Å²) in [6.45, 7) is 3.89. The van der Waals surface area contributed by atoms with Crippen molar-refractivity contribution in [1.29, 1.82) is 0 Å². The quantitative estimate of drug-likeness (QED) is 0.165. The van der Waals surface area contributed by atoms with Gasteiger partial charge in [0.1, 0.15) is 22.7 Å². The van der Waals surface area contributed by atoms with E-state index in [0.717, 1.165) is 134 Å². The number of nitrogens with one attached hydrogen (secondary N) is 4. The molecule has 0 saturated carbocycles. The fraction of sp³-hybridized carbons (Fsp3) is 0.250. The Labute approximate surface area is 468 Å². The van der Waals surface area contributed by atoms with Crippen LogP contribution in [0.4, 0.5) is 22.7 Å². The van der Waals surface area contributed by atoms with Crippen LogP contribution in [0.5, 0.6) is 0 Å². The van der Waals surface area contributed by atoms with Crippen molar-refractivity contribution in [2.75, 3.05) is 84.6 Å². The Morgan fingerprint density at radius 1 is 0.263 bits per heavy atom. The largest absolute Gasteiger partial charge is 0.550 e. The molecule has 0 fully saturated rings. The van der Waals surface area contributed by atoms with Crippen LogP contribution < -0.4 is 59.8 Å². The molecule has 16 nitrogen and oxygen atoms in total. The van der Waals surface area contributed by atoms with Crippen LogP contribution in [-0.4, -0.2) is 128 Å². The number of benzene rings is 4. The number of fused-ring (bicyclic) bond motifs is 8. The molecule has 9 rings (SSSR count). The summed E-state index contributed by atoms with van der Waals surface area (Å²) in [5.41, 5.74) is 18.0. The van der Waals surface area contributed by atoms with Gasteiger partial charge in [-0.15, -0.1) is 0 Å². The number of carbonyl (C=O) groups excluding carboxylic acids is 4. The topological polar surface area (TPSA) is 224 Å². The number of rotatable bonds is 8. The van der Waals surface area contributed by atoms with Gasteiger partial charge in [-0.3, -0.25) is 17.9 Å². The van der Waals surface area contributed by atoms with Gasteiger partial charge in [0.05, 0.1) is 84.6 Å². The number of carboxylic acids is 4. The highest BCUT2D eigenvalue weighted by Crippen LogP contribution is 2.31. The molecule has 16 heteroatoms. The van der Waals surface area contributed by atoms with Crippen molar-refractivity contribution in [3.05, 3.63) is 212 Å². The number of aromatic nitrogens is 4. The van der Waals surface area contributed by atoms with Crippen molar-refractivity contribution in [2.45, 2.75) is 27.7 Å². The smallest absolute Gasteiger partial charge is 0.132 e. The molecular formula is C64H76N8O8. The van der Waals surface area contributed by atoms with E-state index in [0.29, 0.717) is 0 Å². The van der Waals surface area contributed by atoms with Crippen LogP contribution in [0, 0.1) is 0 Å². The SMILES string of the molecule is CC(=O)[O-].CC(=O)[O-].CC(=O)[O-].CC(=O)[O-].C[N+](C)(C)c1ccc(C2=c3ccc([nH]3)=C(c3ccc([N+](C)(C)C)cc3)c3ccc([nH]3)C(c3ccc([N+](C)(C)C)cc3)=c3ccc([nH]3)=C(c3ccc([N+](C)(C)C)cc3)c3ccc2[nH]3)cc1. The summed E-state index contributed by atoms with van der Waals surface area (Å²) >= 11 is 0. The van der Waals surface area contributed by atoms with Crippen LogP contribution in [0.15, 0.2) is 146 Å². The van der Waals surface area contributed by atoms with Gasteiger partial charge in [0.2, 0.25) is 0 Å². The average Bonchev–Trinajstić information content (AvgIpc) is 4.19. The molecule has 4 aromatic carbocycles. The highest BCUT2D eigenvalue weighted by atomic mass is 16.4. The van der Waals surface area contributed by atoms with Crippen LogP contribution in [0.3, 0.4) is 0 Å². The van der Waals surface area contributed by atoms with Crippen molar-refractivity contribution < 1.29 is 39.6 Å². The second-order valence-corrected chi connectivity index (χ2v) is 22.8. The Bertz CT molecular complexity index is 3220. The summed E-state index contributed by atoms with van der Waals surface area (Å²) in [6.07, 6.45) is 0. The van der Waals surface area contributed by atoms with Gasteiger partial charge in [-0.1, -0.05) is 0 Å². The predicted molar refractivity (Wildman–Crippen MR) is 315 cm³/mol. The summed E-state index contributed by atoms with van der Waals surface area (Å²) < 4.78 is 2.95. The van der Waals surface area contributed by atoms with Crippen molar-refractivity contribution in [2.24, 2.45) is 0 Å². The number of hydrogen-bond donors (Lipinski definition) is 4. The first-order valence-electron chi connectivity index (χ1n) is 25.8. The van der Waals surface area contributed by atoms with E-state index in [4.69, 9.17) is 39.6 Å². The third kappa shape index (κ3) is 16.6. The Balaban J connectivity index is 0.000000652. The number of hydrogen-bond acceptors (Lipinski definition) is 8. The van der Waals surface area contributed by atoms with E-state index in [-0.39, 0.29) is 0 Å². The molecule has 4 N–H and O–H groups in total. The normalized spacial score (nSPS) is 12.3. The van der Waals surface area contributed by atoms with E-state index in [2.05, 4.69) is 250 Å². The molecule has 8 bridgehead atoms. The van der Waals surface area contributed by atoms with E-state index in [1.54, 1.807) is 0 Å². The van der Waals surface area contributed by atoms with Gasteiger partial charge in [-0.25, -0.2) is 0 Å². The Hall–Kier alpha value is -8.80. The van der Waals surface area contributed by atoms with Crippen molar-refractivity contribution in [3.8, 4) is 0 Å².